The molecule has 0 aliphatic carbocycles. The Morgan fingerprint density at radius 1 is 1.08 bits per heavy atom. The zero-order valence-corrected chi connectivity index (χ0v) is 14.7. The maximum absolute atomic E-state index is 12.7. The smallest absolute Gasteiger partial charge is 0.235 e. The zero-order chi connectivity index (χ0) is 17.8. The van der Waals surface area contributed by atoms with Gasteiger partial charge in [-0.05, 0) is 49.6 Å². The molecule has 1 heterocycles. The highest BCUT2D eigenvalue weighted by atomic mass is 32.1. The second-order valence-electron chi connectivity index (χ2n) is 5.76. The van der Waals surface area contributed by atoms with Gasteiger partial charge in [0.1, 0.15) is 5.75 Å². The summed E-state index contributed by atoms with van der Waals surface area (Å²) in [5, 5.41) is 1.42. The van der Waals surface area contributed by atoms with Crippen molar-refractivity contribution in [2.45, 2.75) is 19.8 Å². The molecule has 1 aromatic heterocycles. The van der Waals surface area contributed by atoms with Gasteiger partial charge in [-0.25, -0.2) is 0 Å². The minimum atomic E-state index is -0.761. The number of fused-ring (bicyclic) bond motifs is 2. The maximum atomic E-state index is 12.7. The van der Waals surface area contributed by atoms with E-state index in [1.807, 2.05) is 43.3 Å². The van der Waals surface area contributed by atoms with Crippen LogP contribution in [0.15, 0.2) is 41.2 Å². The van der Waals surface area contributed by atoms with E-state index in [1.54, 1.807) is 11.3 Å². The molecule has 0 amide bonds. The molecular weight excluding hydrogens is 335 g/mol. The summed E-state index contributed by atoms with van der Waals surface area (Å²) >= 11 is 1.61. The largest absolute Gasteiger partial charge is 0.493 e. The van der Waals surface area contributed by atoms with Crippen molar-refractivity contribution in [1.29, 1.82) is 0 Å². The first-order chi connectivity index (χ1) is 12.1. The van der Waals surface area contributed by atoms with Gasteiger partial charge in [-0.15, -0.1) is 11.3 Å². The first-order valence-electron chi connectivity index (χ1n) is 8.07. The number of hydrogen-bond acceptors (Lipinski definition) is 5. The number of unbranched alkanes of at least 4 members (excludes halogenated alkanes) is 1. The van der Waals surface area contributed by atoms with Gasteiger partial charge in [0.25, 0.3) is 0 Å². The molecule has 2 aromatic carbocycles. The highest BCUT2D eigenvalue weighted by Gasteiger charge is 2.09. The van der Waals surface area contributed by atoms with Crippen LogP contribution in [0.25, 0.3) is 20.2 Å². The second kappa shape index (κ2) is 7.70. The lowest BCUT2D eigenvalue weighted by atomic mass is 10.1. The van der Waals surface area contributed by atoms with Gasteiger partial charge in [-0.2, -0.15) is 0 Å². The van der Waals surface area contributed by atoms with Crippen LogP contribution in [0, 0.1) is 6.92 Å². The molecule has 0 aliphatic heterocycles. The molecule has 25 heavy (non-hydrogen) atoms. The van der Waals surface area contributed by atoms with Crippen molar-refractivity contribution >= 4 is 45.2 Å². The van der Waals surface area contributed by atoms with Gasteiger partial charge in [-0.1, -0.05) is 12.1 Å². The van der Waals surface area contributed by atoms with Crippen molar-refractivity contribution < 1.29 is 14.3 Å². The van der Waals surface area contributed by atoms with E-state index in [4.69, 9.17) is 12.6 Å². The van der Waals surface area contributed by atoms with Crippen LogP contribution in [0.3, 0.4) is 0 Å². The van der Waals surface area contributed by atoms with Gasteiger partial charge in [0, 0.05) is 20.2 Å². The third-order valence-corrected chi connectivity index (χ3v) is 5.05. The van der Waals surface area contributed by atoms with Gasteiger partial charge < -0.3 is 9.47 Å². The molecule has 0 atom stereocenters. The molecule has 126 valence electrons. The van der Waals surface area contributed by atoms with Crippen molar-refractivity contribution in [2.24, 2.45) is 0 Å². The lowest BCUT2D eigenvalue weighted by Crippen LogP contribution is -2.06. The number of rotatable bonds is 6. The van der Waals surface area contributed by atoms with E-state index < -0.39 is 5.87 Å². The minimum Gasteiger partial charge on any atom is -0.493 e. The van der Waals surface area contributed by atoms with Crippen LogP contribution in [0.2, 0.25) is 0 Å². The molecule has 0 bridgehead atoms. The van der Waals surface area contributed by atoms with Gasteiger partial charge >= 0.3 is 0 Å². The Morgan fingerprint density at radius 3 is 2.64 bits per heavy atom. The van der Waals surface area contributed by atoms with E-state index in [0.29, 0.717) is 24.2 Å². The van der Waals surface area contributed by atoms with Crippen LogP contribution in [-0.2, 0) is 4.74 Å². The van der Waals surface area contributed by atoms with Crippen molar-refractivity contribution in [1.82, 2.24) is 0 Å². The van der Waals surface area contributed by atoms with Crippen LogP contribution in [-0.4, -0.2) is 26.9 Å². The molecule has 0 fully saturated rings. The average molecular weight is 352 g/mol. The summed E-state index contributed by atoms with van der Waals surface area (Å²) in [6.07, 6.45) is 1.41. The van der Waals surface area contributed by atoms with Gasteiger partial charge in [-0.3, -0.25) is 9.59 Å². The average Bonchev–Trinajstić information content (AvgIpc) is 2.58. The van der Waals surface area contributed by atoms with Crippen molar-refractivity contribution in [3.8, 4) is 5.75 Å². The molecule has 6 heteroatoms. The van der Waals surface area contributed by atoms with Crippen molar-refractivity contribution in [2.75, 3.05) is 13.2 Å². The molecule has 3 aromatic rings. The Labute approximate surface area is 150 Å². The fourth-order valence-corrected chi connectivity index (χ4v) is 3.80. The standard InChI is InChI=1S/C19H17BO4S/c1-12-10-17-14(18(21)13-6-2-3-7-16(13)25-17)11-15(12)23-8-4-5-9-24-19(20)22/h2-3,6-7,10-11H,4-5,8-9H2,1H3. The molecule has 0 saturated carbocycles. The van der Waals surface area contributed by atoms with Crippen LogP contribution in [0.5, 0.6) is 5.75 Å². The Kier molecular flexibility index (Phi) is 5.39. The first kappa shape index (κ1) is 17.5. The topological polar surface area (TPSA) is 52.6 Å². The minimum absolute atomic E-state index is 0.0315. The fraction of sp³-hybridized carbons (Fsp3) is 0.263. The molecule has 0 aliphatic rings. The summed E-state index contributed by atoms with van der Waals surface area (Å²) in [7, 11) is 4.90. The number of benzene rings is 2. The second-order valence-corrected chi connectivity index (χ2v) is 6.85. The summed E-state index contributed by atoms with van der Waals surface area (Å²) in [5.41, 5.74) is 1.02. The highest BCUT2D eigenvalue weighted by molar-refractivity contribution is 7.24. The monoisotopic (exact) mass is 352 g/mol. The van der Waals surface area contributed by atoms with E-state index in [0.717, 1.165) is 26.8 Å². The molecular formula is C19H17BO4S. The molecule has 3 rings (SSSR count). The van der Waals surface area contributed by atoms with Crippen LogP contribution in [0.4, 0.5) is 4.79 Å². The van der Waals surface area contributed by atoms with Crippen LogP contribution in [0.1, 0.15) is 18.4 Å². The summed E-state index contributed by atoms with van der Waals surface area (Å²) in [5.74, 6) is -0.0503. The number of ether oxygens (including phenoxy) is 2. The third kappa shape index (κ3) is 4.02. The molecule has 4 nitrogen and oxygen atoms in total. The predicted molar refractivity (Wildman–Crippen MR) is 102 cm³/mol. The number of carbonyl (C=O) groups excluding carboxylic acids is 1. The van der Waals surface area contributed by atoms with Crippen LogP contribution < -0.4 is 10.2 Å². The first-order valence-corrected chi connectivity index (χ1v) is 8.89. The van der Waals surface area contributed by atoms with E-state index >= 15 is 0 Å². The zero-order valence-electron chi connectivity index (χ0n) is 13.9. The lowest BCUT2D eigenvalue weighted by Gasteiger charge is -2.11. The van der Waals surface area contributed by atoms with E-state index in [2.05, 4.69) is 4.74 Å². The molecule has 0 saturated heterocycles. The maximum Gasteiger partial charge on any atom is 0.235 e. The summed E-state index contributed by atoms with van der Waals surface area (Å²) < 4.78 is 12.4. The van der Waals surface area contributed by atoms with E-state index in [1.165, 1.54) is 0 Å². The summed E-state index contributed by atoms with van der Waals surface area (Å²) in [4.78, 5) is 23.2. The third-order valence-electron chi connectivity index (χ3n) is 3.91. The Balaban J connectivity index is 1.79. The lowest BCUT2D eigenvalue weighted by molar-refractivity contribution is 0.167. The SMILES string of the molecule is [B]C(=O)OCCCCOc1cc2c(=O)c3ccccc3sc2cc1C. The molecule has 0 spiro atoms. The van der Waals surface area contributed by atoms with Gasteiger partial charge in [0.2, 0.25) is 13.7 Å². The van der Waals surface area contributed by atoms with Gasteiger partial charge in [0.15, 0.2) is 5.43 Å². The molecule has 0 unspecified atom stereocenters. The van der Waals surface area contributed by atoms with Gasteiger partial charge in [0.05, 0.1) is 13.2 Å². The van der Waals surface area contributed by atoms with E-state index in [-0.39, 0.29) is 12.0 Å². The Morgan fingerprint density at radius 2 is 1.84 bits per heavy atom. The van der Waals surface area contributed by atoms with Crippen LogP contribution >= 0.6 is 11.3 Å². The van der Waals surface area contributed by atoms with E-state index in [9.17, 15) is 9.59 Å². The number of hydrogen-bond donors (Lipinski definition) is 0. The van der Waals surface area contributed by atoms with Crippen molar-refractivity contribution in [3.63, 3.8) is 0 Å². The van der Waals surface area contributed by atoms with Crippen molar-refractivity contribution in [3.05, 3.63) is 52.2 Å². The summed E-state index contributed by atoms with van der Waals surface area (Å²) in [6.45, 7) is 2.74. The Bertz CT molecular complexity index is 980. The fourth-order valence-electron chi connectivity index (χ4n) is 2.64. The molecule has 2 radical (unpaired) electrons. The quantitative estimate of drug-likeness (QED) is 0.379. The molecule has 0 N–H and O–H groups in total. The normalized spacial score (nSPS) is 10.9. The summed E-state index contributed by atoms with van der Waals surface area (Å²) in [6, 6.07) is 11.5. The number of carbonyl (C=O) groups is 1. The predicted octanol–water partition coefficient (Wildman–Crippen LogP) is 4.19. The Hall–Kier alpha value is -2.34. The number of aryl methyl sites for hydroxylation is 1. The highest BCUT2D eigenvalue weighted by Crippen LogP contribution is 2.30.